The minimum absolute atomic E-state index is 0.0102. The van der Waals surface area contributed by atoms with Crippen molar-refractivity contribution in [2.45, 2.75) is 116 Å². The lowest BCUT2D eigenvalue weighted by atomic mass is 9.97. The largest absolute Gasteiger partial charge is 0.466 e. The molecule has 0 spiro atoms. The van der Waals surface area contributed by atoms with Crippen molar-refractivity contribution in [2.24, 2.45) is 5.73 Å². The fraction of sp³-hybridized carbons (Fsp3) is 0.950. The number of carbonyl (C=O) groups excluding carboxylic acids is 1. The maximum atomic E-state index is 11.2. The average Bonchev–Trinajstić information content (AvgIpc) is 2.46. The Balaban J connectivity index is 3.09. The minimum atomic E-state index is -0.0393. The van der Waals surface area contributed by atoms with E-state index in [2.05, 4.69) is 13.8 Å². The molecule has 0 amide bonds. The van der Waals surface area contributed by atoms with Gasteiger partial charge >= 0.3 is 5.97 Å². The number of carbonyl (C=O) groups is 1. The van der Waals surface area contributed by atoms with Gasteiger partial charge in [0, 0.05) is 12.0 Å². The smallest absolute Gasteiger partial charge is 0.305 e. The molecule has 0 aliphatic rings. The molecule has 0 fully saturated rings. The number of esters is 1. The van der Waals surface area contributed by atoms with Gasteiger partial charge in [-0.1, -0.05) is 70.6 Å². The van der Waals surface area contributed by atoms with Crippen molar-refractivity contribution < 1.29 is 9.53 Å². The molecule has 0 aromatic rings. The molecule has 0 heterocycles. The molecule has 23 heavy (non-hydrogen) atoms. The number of unbranched alkanes of at least 4 members (excludes halogenated alkanes) is 11. The van der Waals surface area contributed by atoms with Crippen LogP contribution in [0.25, 0.3) is 0 Å². The molecule has 3 heteroatoms. The van der Waals surface area contributed by atoms with E-state index in [9.17, 15) is 4.79 Å². The SMILES string of the molecule is CCOC(=O)CCCCCCCCCCCCCCC(C)(C)N. The number of ether oxygens (including phenoxy) is 1. The highest BCUT2D eigenvalue weighted by Gasteiger charge is 2.08. The molecule has 0 rings (SSSR count). The first kappa shape index (κ1) is 22.4. The zero-order valence-corrected chi connectivity index (χ0v) is 16.0. The van der Waals surface area contributed by atoms with Gasteiger partial charge in [-0.05, 0) is 33.6 Å². The van der Waals surface area contributed by atoms with Gasteiger partial charge in [0.25, 0.3) is 0 Å². The standard InChI is InChI=1S/C20H41NO2/c1-4-23-19(22)17-15-13-11-9-7-5-6-8-10-12-14-16-18-20(2,3)21/h4-18,21H2,1-3H3. The van der Waals surface area contributed by atoms with E-state index in [1.54, 1.807) is 0 Å². The molecule has 0 bridgehead atoms. The molecule has 0 unspecified atom stereocenters. The topological polar surface area (TPSA) is 52.3 Å². The van der Waals surface area contributed by atoms with Gasteiger partial charge < -0.3 is 10.5 Å². The maximum absolute atomic E-state index is 11.2. The molecular weight excluding hydrogens is 286 g/mol. The summed E-state index contributed by atoms with van der Waals surface area (Å²) in [7, 11) is 0. The molecule has 138 valence electrons. The first-order valence-electron chi connectivity index (χ1n) is 9.90. The number of rotatable bonds is 16. The molecule has 0 saturated carbocycles. The lowest BCUT2D eigenvalue weighted by Crippen LogP contribution is -2.31. The van der Waals surface area contributed by atoms with Crippen LogP contribution in [0, 0.1) is 0 Å². The van der Waals surface area contributed by atoms with Crippen LogP contribution in [-0.2, 0) is 9.53 Å². The van der Waals surface area contributed by atoms with Crippen LogP contribution in [0.4, 0.5) is 0 Å². The first-order chi connectivity index (χ1) is 11.0. The lowest BCUT2D eigenvalue weighted by molar-refractivity contribution is -0.143. The lowest BCUT2D eigenvalue weighted by Gasteiger charge is -2.17. The Morgan fingerprint density at radius 1 is 0.783 bits per heavy atom. The summed E-state index contributed by atoms with van der Waals surface area (Å²) in [5, 5.41) is 0. The Morgan fingerprint density at radius 2 is 1.17 bits per heavy atom. The third-order valence-electron chi connectivity index (χ3n) is 4.26. The van der Waals surface area contributed by atoms with Gasteiger partial charge in [0.2, 0.25) is 0 Å². The molecule has 0 aromatic carbocycles. The summed E-state index contributed by atoms with van der Waals surface area (Å²) in [6, 6.07) is 0. The molecule has 0 aromatic heterocycles. The third-order valence-corrected chi connectivity index (χ3v) is 4.26. The van der Waals surface area contributed by atoms with Gasteiger partial charge in [-0.25, -0.2) is 0 Å². The Kier molecular flexibility index (Phi) is 14.6. The van der Waals surface area contributed by atoms with Gasteiger partial charge in [-0.3, -0.25) is 4.79 Å². The summed E-state index contributed by atoms with van der Waals surface area (Å²) < 4.78 is 4.92. The van der Waals surface area contributed by atoms with Gasteiger partial charge in [0.05, 0.1) is 6.61 Å². The average molecular weight is 328 g/mol. The predicted molar refractivity (Wildman–Crippen MR) is 99.5 cm³/mol. The van der Waals surface area contributed by atoms with E-state index >= 15 is 0 Å². The van der Waals surface area contributed by atoms with E-state index < -0.39 is 0 Å². The highest BCUT2D eigenvalue weighted by molar-refractivity contribution is 5.69. The second-order valence-corrected chi connectivity index (χ2v) is 7.54. The van der Waals surface area contributed by atoms with Crippen LogP contribution < -0.4 is 5.73 Å². The van der Waals surface area contributed by atoms with E-state index in [0.717, 1.165) is 19.3 Å². The summed E-state index contributed by atoms with van der Waals surface area (Å²) in [4.78, 5) is 11.2. The highest BCUT2D eigenvalue weighted by atomic mass is 16.5. The monoisotopic (exact) mass is 327 g/mol. The molecule has 0 aliphatic heterocycles. The van der Waals surface area contributed by atoms with Crippen LogP contribution in [0.2, 0.25) is 0 Å². The summed E-state index contributed by atoms with van der Waals surface area (Å²) in [5.74, 6) is -0.0393. The second kappa shape index (κ2) is 15.0. The zero-order chi connectivity index (χ0) is 17.4. The van der Waals surface area contributed by atoms with Crippen molar-refractivity contribution in [2.75, 3.05) is 6.61 Å². The van der Waals surface area contributed by atoms with Crippen molar-refractivity contribution in [3.05, 3.63) is 0 Å². The van der Waals surface area contributed by atoms with Crippen LogP contribution >= 0.6 is 0 Å². The number of hydrogen-bond donors (Lipinski definition) is 1. The molecule has 3 nitrogen and oxygen atoms in total. The van der Waals surface area contributed by atoms with Crippen LogP contribution in [-0.4, -0.2) is 18.1 Å². The van der Waals surface area contributed by atoms with E-state index in [0.29, 0.717) is 13.0 Å². The van der Waals surface area contributed by atoms with E-state index in [4.69, 9.17) is 10.5 Å². The third kappa shape index (κ3) is 19.4. The minimum Gasteiger partial charge on any atom is -0.466 e. The highest BCUT2D eigenvalue weighted by Crippen LogP contribution is 2.15. The van der Waals surface area contributed by atoms with Crippen molar-refractivity contribution in [3.8, 4) is 0 Å². The molecule has 0 aliphatic carbocycles. The predicted octanol–water partition coefficient (Wildman–Crippen LogP) is 5.75. The summed E-state index contributed by atoms with van der Waals surface area (Å²) in [5.41, 5.74) is 5.99. The Morgan fingerprint density at radius 3 is 1.57 bits per heavy atom. The quantitative estimate of drug-likeness (QED) is 0.290. The van der Waals surface area contributed by atoms with Crippen molar-refractivity contribution >= 4 is 5.97 Å². The Hall–Kier alpha value is -0.570. The summed E-state index contributed by atoms with van der Waals surface area (Å²) in [6.07, 6.45) is 17.3. The van der Waals surface area contributed by atoms with E-state index in [1.165, 1.54) is 64.2 Å². The normalized spacial score (nSPS) is 11.7. The molecule has 0 radical (unpaired) electrons. The number of nitrogens with two attached hydrogens (primary N) is 1. The van der Waals surface area contributed by atoms with Gasteiger partial charge in [-0.15, -0.1) is 0 Å². The zero-order valence-electron chi connectivity index (χ0n) is 16.0. The summed E-state index contributed by atoms with van der Waals surface area (Å²) >= 11 is 0. The molecule has 0 saturated heterocycles. The van der Waals surface area contributed by atoms with Gasteiger partial charge in [0.15, 0.2) is 0 Å². The Labute approximate surface area is 144 Å². The fourth-order valence-corrected chi connectivity index (χ4v) is 2.85. The molecular formula is C20H41NO2. The maximum Gasteiger partial charge on any atom is 0.305 e. The van der Waals surface area contributed by atoms with Crippen molar-refractivity contribution in [1.82, 2.24) is 0 Å². The second-order valence-electron chi connectivity index (χ2n) is 7.54. The van der Waals surface area contributed by atoms with Crippen LogP contribution in [0.1, 0.15) is 111 Å². The van der Waals surface area contributed by atoms with Crippen LogP contribution in [0.15, 0.2) is 0 Å². The number of hydrogen-bond acceptors (Lipinski definition) is 3. The van der Waals surface area contributed by atoms with Crippen molar-refractivity contribution in [1.29, 1.82) is 0 Å². The van der Waals surface area contributed by atoms with E-state index in [1.807, 2.05) is 6.92 Å². The van der Waals surface area contributed by atoms with Crippen molar-refractivity contribution in [3.63, 3.8) is 0 Å². The van der Waals surface area contributed by atoms with Crippen LogP contribution in [0.3, 0.4) is 0 Å². The van der Waals surface area contributed by atoms with E-state index in [-0.39, 0.29) is 11.5 Å². The molecule has 0 atom stereocenters. The molecule has 2 N–H and O–H groups in total. The first-order valence-corrected chi connectivity index (χ1v) is 9.90. The van der Waals surface area contributed by atoms with Crippen LogP contribution in [0.5, 0.6) is 0 Å². The summed E-state index contributed by atoms with van der Waals surface area (Å²) in [6.45, 7) is 6.59. The van der Waals surface area contributed by atoms with Gasteiger partial charge in [-0.2, -0.15) is 0 Å². The Bertz CT molecular complexity index is 271. The fourth-order valence-electron chi connectivity index (χ4n) is 2.85. The van der Waals surface area contributed by atoms with Gasteiger partial charge in [0.1, 0.15) is 0 Å².